The normalized spacial score (nSPS) is 12.4. The fraction of sp³-hybridized carbons (Fsp3) is 0.333. The van der Waals surface area contributed by atoms with E-state index in [1.165, 1.54) is 17.7 Å². The quantitative estimate of drug-likeness (QED) is 0.863. The summed E-state index contributed by atoms with van der Waals surface area (Å²) in [6, 6.07) is 10.6. The van der Waals surface area contributed by atoms with Gasteiger partial charge in [-0.2, -0.15) is 0 Å². The minimum atomic E-state index is -0.498. The molecule has 112 valence electrons. The SMILES string of the molecule is CCc1ccc(CC(NC)c2c(F)ccc(C)c2F)cc1. The van der Waals surface area contributed by atoms with Gasteiger partial charge in [0.15, 0.2) is 0 Å². The first-order valence-corrected chi connectivity index (χ1v) is 7.26. The second-order valence-corrected chi connectivity index (χ2v) is 5.31. The molecule has 0 saturated heterocycles. The highest BCUT2D eigenvalue weighted by Crippen LogP contribution is 2.26. The lowest BCUT2D eigenvalue weighted by atomic mass is 9.96. The fourth-order valence-electron chi connectivity index (χ4n) is 2.49. The summed E-state index contributed by atoms with van der Waals surface area (Å²) in [6.07, 6.45) is 1.54. The van der Waals surface area contributed by atoms with Crippen molar-refractivity contribution in [2.24, 2.45) is 0 Å². The van der Waals surface area contributed by atoms with Gasteiger partial charge in [0.2, 0.25) is 0 Å². The molecule has 0 aromatic heterocycles. The van der Waals surface area contributed by atoms with Crippen molar-refractivity contribution in [3.63, 3.8) is 0 Å². The molecule has 1 N–H and O–H groups in total. The Morgan fingerprint density at radius 2 is 1.62 bits per heavy atom. The van der Waals surface area contributed by atoms with Crippen LogP contribution in [0.2, 0.25) is 0 Å². The number of hydrogen-bond donors (Lipinski definition) is 1. The van der Waals surface area contributed by atoms with E-state index in [2.05, 4.69) is 24.4 Å². The molecule has 1 atom stereocenters. The Bertz CT molecular complexity index is 605. The van der Waals surface area contributed by atoms with Crippen LogP contribution in [0, 0.1) is 18.6 Å². The van der Waals surface area contributed by atoms with Crippen LogP contribution in [0.1, 0.15) is 35.2 Å². The zero-order valence-electron chi connectivity index (χ0n) is 12.7. The number of benzene rings is 2. The van der Waals surface area contributed by atoms with Crippen molar-refractivity contribution in [1.82, 2.24) is 5.32 Å². The van der Waals surface area contributed by atoms with E-state index < -0.39 is 11.6 Å². The van der Waals surface area contributed by atoms with Crippen molar-refractivity contribution in [3.05, 3.63) is 70.3 Å². The molecule has 1 unspecified atom stereocenters. The highest BCUT2D eigenvalue weighted by Gasteiger charge is 2.20. The average molecular weight is 289 g/mol. The summed E-state index contributed by atoms with van der Waals surface area (Å²) >= 11 is 0. The van der Waals surface area contributed by atoms with Gasteiger partial charge in [0.25, 0.3) is 0 Å². The van der Waals surface area contributed by atoms with Gasteiger partial charge < -0.3 is 5.32 Å². The number of aryl methyl sites for hydroxylation is 2. The monoisotopic (exact) mass is 289 g/mol. The van der Waals surface area contributed by atoms with Crippen LogP contribution in [0.3, 0.4) is 0 Å². The van der Waals surface area contributed by atoms with Gasteiger partial charge in [-0.3, -0.25) is 0 Å². The zero-order valence-corrected chi connectivity index (χ0v) is 12.7. The average Bonchev–Trinajstić information content (AvgIpc) is 2.51. The van der Waals surface area contributed by atoms with E-state index in [1.807, 2.05) is 12.1 Å². The van der Waals surface area contributed by atoms with Gasteiger partial charge in [-0.15, -0.1) is 0 Å². The Morgan fingerprint density at radius 1 is 1.00 bits per heavy atom. The lowest BCUT2D eigenvalue weighted by molar-refractivity contribution is 0.486. The Morgan fingerprint density at radius 3 is 2.19 bits per heavy atom. The summed E-state index contributed by atoms with van der Waals surface area (Å²) in [6.45, 7) is 3.75. The number of hydrogen-bond acceptors (Lipinski definition) is 1. The van der Waals surface area contributed by atoms with Gasteiger partial charge in [-0.05, 0) is 49.6 Å². The van der Waals surface area contributed by atoms with E-state index in [-0.39, 0.29) is 11.6 Å². The standard InChI is InChI=1S/C18H21F2N/c1-4-13-6-8-14(9-7-13)11-16(21-3)17-15(19)10-5-12(2)18(17)20/h5-10,16,21H,4,11H2,1-3H3. The third-order valence-corrected chi connectivity index (χ3v) is 3.89. The molecular formula is C18H21F2N. The number of rotatable bonds is 5. The van der Waals surface area contributed by atoms with Gasteiger partial charge in [0, 0.05) is 11.6 Å². The topological polar surface area (TPSA) is 12.0 Å². The van der Waals surface area contributed by atoms with Gasteiger partial charge >= 0.3 is 0 Å². The van der Waals surface area contributed by atoms with Crippen LogP contribution in [-0.2, 0) is 12.8 Å². The van der Waals surface area contributed by atoms with Crippen LogP contribution in [-0.4, -0.2) is 7.05 Å². The molecule has 0 saturated carbocycles. The summed E-state index contributed by atoms with van der Waals surface area (Å²) in [5.74, 6) is -0.956. The molecule has 0 bridgehead atoms. The summed E-state index contributed by atoms with van der Waals surface area (Å²) in [5, 5.41) is 3.02. The summed E-state index contributed by atoms with van der Waals surface area (Å²) in [7, 11) is 1.73. The number of nitrogens with one attached hydrogen (secondary N) is 1. The zero-order chi connectivity index (χ0) is 15.4. The van der Waals surface area contributed by atoms with E-state index in [0.717, 1.165) is 12.0 Å². The molecule has 1 nitrogen and oxygen atoms in total. The Kier molecular flexibility index (Phi) is 5.07. The first-order valence-electron chi connectivity index (χ1n) is 7.26. The van der Waals surface area contributed by atoms with Crippen molar-refractivity contribution in [3.8, 4) is 0 Å². The van der Waals surface area contributed by atoms with Crippen molar-refractivity contribution < 1.29 is 8.78 Å². The van der Waals surface area contributed by atoms with Crippen LogP contribution < -0.4 is 5.32 Å². The van der Waals surface area contributed by atoms with Crippen molar-refractivity contribution in [1.29, 1.82) is 0 Å². The first kappa shape index (κ1) is 15.6. The molecule has 21 heavy (non-hydrogen) atoms. The molecule has 0 aliphatic carbocycles. The molecule has 0 heterocycles. The van der Waals surface area contributed by atoms with Gasteiger partial charge in [-0.1, -0.05) is 37.3 Å². The first-order chi connectivity index (χ1) is 10.1. The number of halogens is 2. The lowest BCUT2D eigenvalue weighted by Crippen LogP contribution is -2.22. The number of likely N-dealkylation sites (N-methyl/N-ethyl adjacent to an activating group) is 1. The molecule has 0 aliphatic heterocycles. The minimum absolute atomic E-state index is 0.122. The molecule has 3 heteroatoms. The molecule has 2 rings (SSSR count). The second kappa shape index (κ2) is 6.81. The second-order valence-electron chi connectivity index (χ2n) is 5.31. The maximum absolute atomic E-state index is 14.2. The molecule has 0 radical (unpaired) electrons. The van der Waals surface area contributed by atoms with Crippen molar-refractivity contribution >= 4 is 0 Å². The molecule has 0 fully saturated rings. The van der Waals surface area contributed by atoms with Crippen LogP contribution in [0.4, 0.5) is 8.78 Å². The van der Waals surface area contributed by atoms with Crippen LogP contribution in [0.25, 0.3) is 0 Å². The largest absolute Gasteiger partial charge is 0.313 e. The molecule has 0 aliphatic rings. The van der Waals surface area contributed by atoms with Crippen molar-refractivity contribution in [2.75, 3.05) is 7.05 Å². The predicted octanol–water partition coefficient (Wildman–Crippen LogP) is 4.34. The fourth-order valence-corrected chi connectivity index (χ4v) is 2.49. The van der Waals surface area contributed by atoms with Crippen LogP contribution in [0.15, 0.2) is 36.4 Å². The van der Waals surface area contributed by atoms with Gasteiger partial charge in [0.05, 0.1) is 0 Å². The highest BCUT2D eigenvalue weighted by molar-refractivity contribution is 5.31. The van der Waals surface area contributed by atoms with E-state index in [1.54, 1.807) is 14.0 Å². The smallest absolute Gasteiger partial charge is 0.133 e. The molecular weight excluding hydrogens is 268 g/mol. The Hall–Kier alpha value is -1.74. The molecule has 2 aromatic carbocycles. The molecule has 0 spiro atoms. The maximum atomic E-state index is 14.2. The predicted molar refractivity (Wildman–Crippen MR) is 82.4 cm³/mol. The van der Waals surface area contributed by atoms with Crippen molar-refractivity contribution in [2.45, 2.75) is 32.7 Å². The van der Waals surface area contributed by atoms with E-state index in [4.69, 9.17) is 0 Å². The Labute approximate surface area is 125 Å². The highest BCUT2D eigenvalue weighted by atomic mass is 19.1. The molecule has 0 amide bonds. The van der Waals surface area contributed by atoms with Crippen LogP contribution in [0.5, 0.6) is 0 Å². The third kappa shape index (κ3) is 3.48. The van der Waals surface area contributed by atoms with E-state index in [9.17, 15) is 8.78 Å². The van der Waals surface area contributed by atoms with Gasteiger partial charge in [-0.25, -0.2) is 8.78 Å². The summed E-state index contributed by atoms with van der Waals surface area (Å²) in [4.78, 5) is 0. The van der Waals surface area contributed by atoms with E-state index >= 15 is 0 Å². The maximum Gasteiger partial charge on any atom is 0.133 e. The lowest BCUT2D eigenvalue weighted by Gasteiger charge is -2.19. The van der Waals surface area contributed by atoms with Crippen LogP contribution >= 0.6 is 0 Å². The molecule has 2 aromatic rings. The summed E-state index contributed by atoms with van der Waals surface area (Å²) in [5.41, 5.74) is 2.91. The van der Waals surface area contributed by atoms with Gasteiger partial charge in [0.1, 0.15) is 11.6 Å². The minimum Gasteiger partial charge on any atom is -0.313 e. The Balaban J connectivity index is 2.29. The van der Waals surface area contributed by atoms with E-state index in [0.29, 0.717) is 12.0 Å². The summed E-state index contributed by atoms with van der Waals surface area (Å²) < 4.78 is 28.2. The third-order valence-electron chi connectivity index (χ3n) is 3.89.